The van der Waals surface area contributed by atoms with Gasteiger partial charge in [0.25, 0.3) is 5.91 Å². The molecule has 2 aromatic carbocycles. The quantitative estimate of drug-likeness (QED) is 0.867. The van der Waals surface area contributed by atoms with Gasteiger partial charge in [-0.2, -0.15) is 0 Å². The molecule has 0 aliphatic rings. The Morgan fingerprint density at radius 2 is 1.65 bits per heavy atom. The van der Waals surface area contributed by atoms with E-state index in [1.807, 2.05) is 32.9 Å². The second-order valence-electron chi connectivity index (χ2n) is 5.49. The van der Waals surface area contributed by atoms with Crippen molar-refractivity contribution in [3.05, 3.63) is 64.2 Å². The van der Waals surface area contributed by atoms with Gasteiger partial charge in [-0.05, 0) is 51.0 Å². The number of para-hydroxylation sites is 1. The molecule has 1 N–H and O–H groups in total. The smallest absolute Gasteiger partial charge is 0.340 e. The van der Waals surface area contributed by atoms with Gasteiger partial charge in [0.05, 0.1) is 17.9 Å². The minimum absolute atomic E-state index is 0.225. The first-order valence-electron chi connectivity index (χ1n) is 7.59. The molecular weight excluding hydrogens is 290 g/mol. The van der Waals surface area contributed by atoms with Crippen molar-refractivity contribution in [2.45, 2.75) is 27.7 Å². The van der Waals surface area contributed by atoms with E-state index in [9.17, 15) is 9.59 Å². The minimum Gasteiger partial charge on any atom is -0.462 e. The lowest BCUT2D eigenvalue weighted by atomic mass is 9.99. The Balaban J connectivity index is 2.33. The Hall–Kier alpha value is -2.62. The zero-order chi connectivity index (χ0) is 17.0. The fraction of sp³-hybridized carbons (Fsp3) is 0.263. The molecule has 0 aliphatic carbocycles. The number of ether oxygens (including phenoxy) is 1. The van der Waals surface area contributed by atoms with E-state index in [-0.39, 0.29) is 12.5 Å². The minimum atomic E-state index is -0.444. The van der Waals surface area contributed by atoms with Crippen molar-refractivity contribution in [1.29, 1.82) is 0 Å². The molecule has 0 bridgehead atoms. The van der Waals surface area contributed by atoms with Crippen molar-refractivity contribution in [1.82, 2.24) is 0 Å². The van der Waals surface area contributed by atoms with E-state index in [1.54, 1.807) is 31.2 Å². The summed E-state index contributed by atoms with van der Waals surface area (Å²) in [5, 5.41) is 2.83. The van der Waals surface area contributed by atoms with Crippen LogP contribution in [0.1, 0.15) is 44.3 Å². The highest BCUT2D eigenvalue weighted by molar-refractivity contribution is 6.09. The maximum Gasteiger partial charge on any atom is 0.340 e. The number of carbonyl (C=O) groups is 2. The summed E-state index contributed by atoms with van der Waals surface area (Å²) in [6.45, 7) is 7.85. The summed E-state index contributed by atoms with van der Waals surface area (Å²) in [5.41, 5.74) is 4.38. The molecule has 0 fully saturated rings. The van der Waals surface area contributed by atoms with Gasteiger partial charge in [0.15, 0.2) is 0 Å². The molecule has 0 aromatic heterocycles. The SMILES string of the molecule is CCOC(=O)c1ccccc1NC(=O)c1c(C)cc(C)cc1C. The molecule has 0 aliphatic heterocycles. The highest BCUT2D eigenvalue weighted by Gasteiger charge is 2.17. The number of hydrogen-bond donors (Lipinski definition) is 1. The average Bonchev–Trinajstić information content (AvgIpc) is 2.46. The van der Waals surface area contributed by atoms with Crippen molar-refractivity contribution in [2.75, 3.05) is 11.9 Å². The molecular formula is C19H21NO3. The molecule has 0 heterocycles. The molecule has 2 aromatic rings. The van der Waals surface area contributed by atoms with Crippen LogP contribution in [0.3, 0.4) is 0 Å². The van der Waals surface area contributed by atoms with Crippen molar-refractivity contribution in [2.24, 2.45) is 0 Å². The van der Waals surface area contributed by atoms with Crippen LogP contribution in [0.4, 0.5) is 5.69 Å². The predicted molar refractivity (Wildman–Crippen MR) is 91.0 cm³/mol. The molecule has 1 amide bonds. The van der Waals surface area contributed by atoms with E-state index in [0.29, 0.717) is 16.8 Å². The second kappa shape index (κ2) is 7.09. The highest BCUT2D eigenvalue weighted by atomic mass is 16.5. The molecule has 0 saturated carbocycles. The van der Waals surface area contributed by atoms with Crippen molar-refractivity contribution < 1.29 is 14.3 Å². The summed E-state index contributed by atoms with van der Waals surface area (Å²) in [7, 11) is 0. The van der Waals surface area contributed by atoms with E-state index in [1.165, 1.54) is 0 Å². The van der Waals surface area contributed by atoms with Gasteiger partial charge in [-0.3, -0.25) is 4.79 Å². The summed E-state index contributed by atoms with van der Waals surface area (Å²) >= 11 is 0. The van der Waals surface area contributed by atoms with E-state index in [0.717, 1.165) is 16.7 Å². The summed E-state index contributed by atoms with van der Waals surface area (Å²) in [6.07, 6.45) is 0. The lowest BCUT2D eigenvalue weighted by molar-refractivity contribution is 0.0527. The molecule has 4 nitrogen and oxygen atoms in total. The lowest BCUT2D eigenvalue weighted by Crippen LogP contribution is -2.18. The number of esters is 1. The monoisotopic (exact) mass is 311 g/mol. The first-order valence-corrected chi connectivity index (χ1v) is 7.59. The van der Waals surface area contributed by atoms with E-state index in [2.05, 4.69) is 5.32 Å². The molecule has 0 radical (unpaired) electrons. The molecule has 23 heavy (non-hydrogen) atoms. The molecule has 120 valence electrons. The van der Waals surface area contributed by atoms with Crippen LogP contribution in [0, 0.1) is 20.8 Å². The fourth-order valence-corrected chi connectivity index (χ4v) is 2.70. The van der Waals surface area contributed by atoms with Crippen LogP contribution in [0.2, 0.25) is 0 Å². The second-order valence-corrected chi connectivity index (χ2v) is 5.49. The number of carbonyl (C=O) groups excluding carboxylic acids is 2. The average molecular weight is 311 g/mol. The molecule has 0 unspecified atom stereocenters. The Labute approximate surface area is 136 Å². The van der Waals surface area contributed by atoms with Crippen LogP contribution >= 0.6 is 0 Å². The Bertz CT molecular complexity index is 727. The topological polar surface area (TPSA) is 55.4 Å². The van der Waals surface area contributed by atoms with E-state index in [4.69, 9.17) is 4.74 Å². The van der Waals surface area contributed by atoms with Crippen LogP contribution in [0.15, 0.2) is 36.4 Å². The third kappa shape index (κ3) is 3.77. The molecule has 0 spiro atoms. The van der Waals surface area contributed by atoms with Gasteiger partial charge in [0, 0.05) is 5.56 Å². The zero-order valence-corrected chi connectivity index (χ0v) is 13.9. The lowest BCUT2D eigenvalue weighted by Gasteiger charge is -2.14. The third-order valence-corrected chi connectivity index (χ3v) is 3.57. The standard InChI is InChI=1S/C19H21NO3/c1-5-23-19(22)15-8-6-7-9-16(15)20-18(21)17-13(3)10-12(2)11-14(17)4/h6-11H,5H2,1-4H3,(H,20,21). The van der Waals surface area contributed by atoms with E-state index >= 15 is 0 Å². The number of benzene rings is 2. The number of aryl methyl sites for hydroxylation is 3. The van der Waals surface area contributed by atoms with Crippen molar-refractivity contribution >= 4 is 17.6 Å². The van der Waals surface area contributed by atoms with Crippen LogP contribution in [-0.2, 0) is 4.74 Å². The van der Waals surface area contributed by atoms with Crippen LogP contribution in [0.25, 0.3) is 0 Å². The predicted octanol–water partition coefficient (Wildman–Crippen LogP) is 4.04. The van der Waals surface area contributed by atoms with Crippen molar-refractivity contribution in [3.8, 4) is 0 Å². The Morgan fingerprint density at radius 3 is 2.26 bits per heavy atom. The Morgan fingerprint density at radius 1 is 1.04 bits per heavy atom. The van der Waals surface area contributed by atoms with Gasteiger partial charge < -0.3 is 10.1 Å². The number of anilines is 1. The van der Waals surface area contributed by atoms with Crippen LogP contribution < -0.4 is 5.32 Å². The number of hydrogen-bond acceptors (Lipinski definition) is 3. The van der Waals surface area contributed by atoms with Crippen LogP contribution in [0.5, 0.6) is 0 Å². The van der Waals surface area contributed by atoms with Gasteiger partial charge in [-0.1, -0.05) is 29.8 Å². The summed E-state index contributed by atoms with van der Waals surface area (Å²) in [4.78, 5) is 24.6. The summed E-state index contributed by atoms with van der Waals surface area (Å²) in [6, 6.07) is 10.8. The van der Waals surface area contributed by atoms with Gasteiger partial charge in [-0.15, -0.1) is 0 Å². The fourth-order valence-electron chi connectivity index (χ4n) is 2.70. The first kappa shape index (κ1) is 16.7. The Kier molecular flexibility index (Phi) is 5.16. The van der Waals surface area contributed by atoms with E-state index < -0.39 is 5.97 Å². The number of rotatable bonds is 4. The molecule has 0 atom stereocenters. The number of nitrogens with one attached hydrogen (secondary N) is 1. The maximum atomic E-state index is 12.6. The number of amides is 1. The third-order valence-electron chi connectivity index (χ3n) is 3.57. The molecule has 4 heteroatoms. The zero-order valence-electron chi connectivity index (χ0n) is 13.9. The van der Waals surface area contributed by atoms with Gasteiger partial charge in [-0.25, -0.2) is 4.79 Å². The molecule has 0 saturated heterocycles. The normalized spacial score (nSPS) is 10.3. The summed E-state index contributed by atoms with van der Waals surface area (Å²) < 4.78 is 5.03. The highest BCUT2D eigenvalue weighted by Crippen LogP contribution is 2.21. The van der Waals surface area contributed by atoms with Gasteiger partial charge >= 0.3 is 5.97 Å². The van der Waals surface area contributed by atoms with Gasteiger partial charge in [0.1, 0.15) is 0 Å². The summed E-state index contributed by atoms with van der Waals surface area (Å²) in [5.74, 6) is -0.669. The first-order chi connectivity index (χ1) is 10.9. The van der Waals surface area contributed by atoms with Crippen molar-refractivity contribution in [3.63, 3.8) is 0 Å². The largest absolute Gasteiger partial charge is 0.462 e. The molecule has 2 rings (SSSR count). The van der Waals surface area contributed by atoms with Gasteiger partial charge in [0.2, 0.25) is 0 Å². The van der Waals surface area contributed by atoms with Crippen LogP contribution in [-0.4, -0.2) is 18.5 Å². The maximum absolute atomic E-state index is 12.6.